The van der Waals surface area contributed by atoms with Crippen molar-refractivity contribution in [3.05, 3.63) is 47.5 Å². The summed E-state index contributed by atoms with van der Waals surface area (Å²) in [4.78, 5) is 4.64. The molecule has 0 aromatic heterocycles. The van der Waals surface area contributed by atoms with Crippen LogP contribution in [0.5, 0.6) is 0 Å². The Hall–Kier alpha value is -1.50. The van der Waals surface area contributed by atoms with E-state index in [0.717, 1.165) is 24.2 Å². The molecule has 0 atom stereocenters. The van der Waals surface area contributed by atoms with E-state index in [4.69, 9.17) is 4.55 Å². The monoisotopic (exact) mass is 377 g/mol. The standard InChI is InChI=1S/C19H23NO3S2/c1-3-14-12-15(4-2)19-17(13-14)20(10-7-11-25(21,22)23)16-8-5-6-9-18(16)24-19/h5-6,8-9,12-13H,3-4,7,10-11H2,1-2H3,(H,21,22,23). The summed E-state index contributed by atoms with van der Waals surface area (Å²) in [6.07, 6.45) is 2.31. The molecule has 0 saturated carbocycles. The summed E-state index contributed by atoms with van der Waals surface area (Å²) < 4.78 is 31.2. The van der Waals surface area contributed by atoms with Crippen LogP contribution in [0, 0.1) is 0 Å². The van der Waals surface area contributed by atoms with E-state index in [1.54, 1.807) is 11.8 Å². The predicted molar refractivity (Wildman–Crippen MR) is 104 cm³/mol. The number of anilines is 2. The summed E-state index contributed by atoms with van der Waals surface area (Å²) in [7, 11) is -3.94. The van der Waals surface area contributed by atoms with Crippen molar-refractivity contribution in [2.24, 2.45) is 0 Å². The van der Waals surface area contributed by atoms with Gasteiger partial charge in [-0.15, -0.1) is 0 Å². The topological polar surface area (TPSA) is 57.6 Å². The second-order valence-electron chi connectivity index (χ2n) is 6.17. The van der Waals surface area contributed by atoms with Crippen molar-refractivity contribution in [2.45, 2.75) is 42.9 Å². The van der Waals surface area contributed by atoms with Gasteiger partial charge in [0.15, 0.2) is 0 Å². The predicted octanol–water partition coefficient (Wildman–Crippen LogP) is 4.69. The van der Waals surface area contributed by atoms with E-state index >= 15 is 0 Å². The van der Waals surface area contributed by atoms with E-state index < -0.39 is 10.1 Å². The molecular formula is C19H23NO3S2. The molecule has 6 heteroatoms. The highest BCUT2D eigenvalue weighted by Gasteiger charge is 2.25. The Morgan fingerprint density at radius 2 is 1.84 bits per heavy atom. The van der Waals surface area contributed by atoms with Crippen molar-refractivity contribution in [2.75, 3.05) is 17.2 Å². The number of aryl methyl sites for hydroxylation is 2. The minimum atomic E-state index is -3.94. The minimum Gasteiger partial charge on any atom is -0.340 e. The first-order chi connectivity index (χ1) is 11.9. The molecule has 1 aliphatic heterocycles. The maximum atomic E-state index is 11.1. The molecule has 4 nitrogen and oxygen atoms in total. The molecule has 0 radical (unpaired) electrons. The Labute approximate surface area is 154 Å². The summed E-state index contributed by atoms with van der Waals surface area (Å²) in [5.41, 5.74) is 4.87. The van der Waals surface area contributed by atoms with Crippen LogP contribution in [0.15, 0.2) is 46.2 Å². The van der Waals surface area contributed by atoms with E-state index in [0.29, 0.717) is 13.0 Å². The quantitative estimate of drug-likeness (QED) is 0.740. The molecule has 3 rings (SSSR count). The van der Waals surface area contributed by atoms with Gasteiger partial charge >= 0.3 is 0 Å². The smallest absolute Gasteiger partial charge is 0.264 e. The zero-order chi connectivity index (χ0) is 18.0. The summed E-state index contributed by atoms with van der Waals surface area (Å²) in [5.74, 6) is -0.220. The Morgan fingerprint density at radius 1 is 1.08 bits per heavy atom. The summed E-state index contributed by atoms with van der Waals surface area (Å²) in [6.45, 7) is 4.87. The van der Waals surface area contributed by atoms with Crippen molar-refractivity contribution in [3.8, 4) is 0 Å². The fourth-order valence-electron chi connectivity index (χ4n) is 3.17. The van der Waals surface area contributed by atoms with Crippen LogP contribution in [0.4, 0.5) is 11.4 Å². The number of para-hydroxylation sites is 1. The molecule has 1 heterocycles. The first-order valence-corrected chi connectivity index (χ1v) is 11.0. The molecule has 0 unspecified atom stereocenters. The van der Waals surface area contributed by atoms with Crippen LogP contribution >= 0.6 is 11.8 Å². The highest BCUT2D eigenvalue weighted by atomic mass is 32.2. The molecule has 1 N–H and O–H groups in total. The lowest BCUT2D eigenvalue weighted by Crippen LogP contribution is -2.24. The molecular weight excluding hydrogens is 354 g/mol. The summed E-state index contributed by atoms with van der Waals surface area (Å²) >= 11 is 1.79. The Morgan fingerprint density at radius 3 is 2.52 bits per heavy atom. The van der Waals surface area contributed by atoms with Crippen molar-refractivity contribution < 1.29 is 13.0 Å². The second-order valence-corrected chi connectivity index (χ2v) is 8.80. The fraction of sp³-hybridized carbons (Fsp3) is 0.368. The molecule has 0 fully saturated rings. The average Bonchev–Trinajstić information content (AvgIpc) is 2.59. The molecule has 0 spiro atoms. The van der Waals surface area contributed by atoms with Gasteiger partial charge in [0.25, 0.3) is 10.1 Å². The molecule has 1 aliphatic rings. The molecule has 0 bridgehead atoms. The lowest BCUT2D eigenvalue weighted by Gasteiger charge is -2.34. The molecule has 134 valence electrons. The first-order valence-electron chi connectivity index (χ1n) is 8.58. The molecule has 0 amide bonds. The van der Waals surface area contributed by atoms with Crippen molar-refractivity contribution in [1.82, 2.24) is 0 Å². The summed E-state index contributed by atoms with van der Waals surface area (Å²) in [6, 6.07) is 12.7. The van der Waals surface area contributed by atoms with Crippen LogP contribution in [-0.4, -0.2) is 25.3 Å². The zero-order valence-corrected chi connectivity index (χ0v) is 16.2. The Kier molecular flexibility index (Phi) is 5.41. The largest absolute Gasteiger partial charge is 0.340 e. The normalized spacial score (nSPS) is 13.5. The van der Waals surface area contributed by atoms with Crippen LogP contribution in [-0.2, 0) is 23.0 Å². The number of rotatable bonds is 6. The van der Waals surface area contributed by atoms with Crippen molar-refractivity contribution in [3.63, 3.8) is 0 Å². The zero-order valence-electron chi connectivity index (χ0n) is 14.5. The van der Waals surface area contributed by atoms with Crippen molar-refractivity contribution >= 4 is 33.3 Å². The van der Waals surface area contributed by atoms with E-state index in [9.17, 15) is 8.42 Å². The van der Waals surface area contributed by atoms with E-state index in [-0.39, 0.29) is 5.75 Å². The molecule has 0 saturated heterocycles. The first kappa shape index (κ1) is 18.3. The fourth-order valence-corrected chi connectivity index (χ4v) is 4.93. The van der Waals surface area contributed by atoms with Gasteiger partial charge in [0.2, 0.25) is 0 Å². The van der Waals surface area contributed by atoms with Gasteiger partial charge in [0.1, 0.15) is 0 Å². The molecule has 2 aromatic carbocycles. The second kappa shape index (κ2) is 7.40. The molecule has 25 heavy (non-hydrogen) atoms. The van der Waals surface area contributed by atoms with Gasteiger partial charge in [-0.3, -0.25) is 4.55 Å². The molecule has 2 aromatic rings. The maximum absolute atomic E-state index is 11.1. The highest BCUT2D eigenvalue weighted by Crippen LogP contribution is 2.50. The van der Waals surface area contributed by atoms with E-state index in [2.05, 4.69) is 43.0 Å². The van der Waals surface area contributed by atoms with Gasteiger partial charge in [-0.25, -0.2) is 0 Å². The minimum absolute atomic E-state index is 0.220. The lowest BCUT2D eigenvalue weighted by molar-refractivity contribution is 0.481. The Balaban J connectivity index is 2.04. The van der Waals surface area contributed by atoms with Crippen LogP contribution in [0.25, 0.3) is 0 Å². The van der Waals surface area contributed by atoms with Crippen LogP contribution in [0.1, 0.15) is 31.4 Å². The number of hydrogen-bond donors (Lipinski definition) is 1. The third-order valence-electron chi connectivity index (χ3n) is 4.44. The maximum Gasteiger partial charge on any atom is 0.264 e. The van der Waals surface area contributed by atoms with Gasteiger partial charge in [-0.05, 0) is 48.6 Å². The Bertz CT molecular complexity index is 878. The third kappa shape index (κ3) is 4.02. The van der Waals surface area contributed by atoms with Gasteiger partial charge in [-0.2, -0.15) is 8.42 Å². The van der Waals surface area contributed by atoms with Crippen LogP contribution in [0.2, 0.25) is 0 Å². The third-order valence-corrected chi connectivity index (χ3v) is 6.48. The van der Waals surface area contributed by atoms with E-state index in [1.165, 1.54) is 20.9 Å². The van der Waals surface area contributed by atoms with Crippen LogP contribution in [0.3, 0.4) is 0 Å². The van der Waals surface area contributed by atoms with Crippen LogP contribution < -0.4 is 4.90 Å². The van der Waals surface area contributed by atoms with Gasteiger partial charge in [-0.1, -0.05) is 43.8 Å². The number of benzene rings is 2. The molecule has 0 aliphatic carbocycles. The summed E-state index contributed by atoms with van der Waals surface area (Å²) in [5, 5.41) is 0. The van der Waals surface area contributed by atoms with Gasteiger partial charge < -0.3 is 4.90 Å². The van der Waals surface area contributed by atoms with Crippen molar-refractivity contribution in [1.29, 1.82) is 0 Å². The van der Waals surface area contributed by atoms with E-state index in [1.807, 2.05) is 12.1 Å². The van der Waals surface area contributed by atoms with Gasteiger partial charge in [0, 0.05) is 16.3 Å². The average molecular weight is 378 g/mol. The number of fused-ring (bicyclic) bond motifs is 2. The number of nitrogens with zero attached hydrogens (tertiary/aromatic N) is 1. The SMILES string of the molecule is CCc1cc(CC)c2c(c1)N(CCCS(=O)(=O)O)c1ccccc1S2. The lowest BCUT2D eigenvalue weighted by atomic mass is 10.0. The highest BCUT2D eigenvalue weighted by molar-refractivity contribution is 7.99. The number of hydrogen-bond acceptors (Lipinski definition) is 4. The van der Waals surface area contributed by atoms with Gasteiger partial charge in [0.05, 0.1) is 17.1 Å².